The van der Waals surface area contributed by atoms with Gasteiger partial charge in [0.15, 0.2) is 0 Å². The molecule has 0 radical (unpaired) electrons. The normalized spacial score (nSPS) is 17.5. The van der Waals surface area contributed by atoms with Crippen LogP contribution in [0.15, 0.2) is 12.7 Å². The van der Waals surface area contributed by atoms with E-state index in [0.717, 1.165) is 0 Å². The molecule has 0 aromatic carbocycles. The minimum atomic E-state index is -0.507. The van der Waals surface area contributed by atoms with Crippen molar-refractivity contribution in [1.29, 1.82) is 0 Å². The first-order valence-electron chi connectivity index (χ1n) is 5.71. The van der Waals surface area contributed by atoms with Crippen LogP contribution in [0.4, 0.5) is 4.79 Å². The van der Waals surface area contributed by atoms with Gasteiger partial charge in [0.2, 0.25) is 5.91 Å². The third kappa shape index (κ3) is 5.46. The van der Waals surface area contributed by atoms with Crippen LogP contribution in [0.5, 0.6) is 0 Å². The first kappa shape index (κ1) is 13.7. The number of nitrogens with one attached hydrogen (secondary N) is 2. The summed E-state index contributed by atoms with van der Waals surface area (Å²) < 4.78 is 0. The van der Waals surface area contributed by atoms with Crippen LogP contribution >= 0.6 is 0 Å². The fraction of sp³-hybridized carbons (Fsp3) is 0.636. The zero-order chi connectivity index (χ0) is 12.7. The van der Waals surface area contributed by atoms with Crippen molar-refractivity contribution in [2.45, 2.75) is 18.9 Å². The van der Waals surface area contributed by atoms with Gasteiger partial charge in [0.05, 0.1) is 12.6 Å². The fourth-order valence-corrected chi connectivity index (χ4v) is 1.66. The van der Waals surface area contributed by atoms with Crippen molar-refractivity contribution < 1.29 is 14.7 Å². The maximum atomic E-state index is 11.5. The van der Waals surface area contributed by atoms with Crippen LogP contribution < -0.4 is 10.6 Å². The van der Waals surface area contributed by atoms with Crippen molar-refractivity contribution in [3.63, 3.8) is 0 Å². The van der Waals surface area contributed by atoms with Crippen molar-refractivity contribution in [2.75, 3.05) is 26.2 Å². The Labute approximate surface area is 101 Å². The van der Waals surface area contributed by atoms with Crippen molar-refractivity contribution in [3.8, 4) is 0 Å². The van der Waals surface area contributed by atoms with E-state index in [1.54, 1.807) is 0 Å². The van der Waals surface area contributed by atoms with Crippen molar-refractivity contribution in [3.05, 3.63) is 12.7 Å². The van der Waals surface area contributed by atoms with Gasteiger partial charge >= 0.3 is 6.03 Å². The first-order valence-corrected chi connectivity index (χ1v) is 5.71. The van der Waals surface area contributed by atoms with Gasteiger partial charge in [-0.25, -0.2) is 4.79 Å². The molecule has 0 unspecified atom stereocenters. The summed E-state index contributed by atoms with van der Waals surface area (Å²) in [5.74, 6) is -0.331. The first-order chi connectivity index (χ1) is 8.11. The zero-order valence-electron chi connectivity index (χ0n) is 9.82. The number of carbonyl (C=O) groups is 2. The van der Waals surface area contributed by atoms with E-state index in [-0.39, 0.29) is 18.6 Å². The summed E-state index contributed by atoms with van der Waals surface area (Å²) >= 11 is 0. The third-order valence-electron chi connectivity index (χ3n) is 2.58. The van der Waals surface area contributed by atoms with E-state index in [2.05, 4.69) is 17.2 Å². The summed E-state index contributed by atoms with van der Waals surface area (Å²) in [5, 5.41) is 14.0. The van der Waals surface area contributed by atoms with Gasteiger partial charge in [0.25, 0.3) is 0 Å². The minimum absolute atomic E-state index is 0.189. The number of rotatable bonds is 4. The molecule has 0 aromatic heterocycles. The molecule has 6 heteroatoms. The maximum absolute atomic E-state index is 11.5. The van der Waals surface area contributed by atoms with Crippen molar-refractivity contribution in [1.82, 2.24) is 15.5 Å². The molecule has 3 N–H and O–H groups in total. The molecule has 1 saturated heterocycles. The minimum Gasteiger partial charge on any atom is -0.393 e. The second-order valence-corrected chi connectivity index (χ2v) is 4.05. The molecule has 0 atom stereocenters. The van der Waals surface area contributed by atoms with Crippen LogP contribution in [0.3, 0.4) is 0 Å². The predicted octanol–water partition coefficient (Wildman–Crippen LogP) is -0.545. The molecule has 0 saturated carbocycles. The van der Waals surface area contributed by atoms with Crippen LogP contribution in [0, 0.1) is 0 Å². The van der Waals surface area contributed by atoms with E-state index < -0.39 is 6.03 Å². The SMILES string of the molecule is C=CCNC(=O)NC(=O)CN1CCC(O)CC1. The van der Waals surface area contributed by atoms with Gasteiger partial charge in [-0.3, -0.25) is 15.0 Å². The number of piperidine rings is 1. The second kappa shape index (κ2) is 7.03. The standard InChI is InChI=1S/C11H19N3O3/c1-2-5-12-11(17)13-10(16)8-14-6-3-9(15)4-7-14/h2,9,15H,1,3-8H2,(H2,12,13,16,17). The number of nitrogens with zero attached hydrogens (tertiary/aromatic N) is 1. The molecule has 6 nitrogen and oxygen atoms in total. The van der Waals surface area contributed by atoms with E-state index in [9.17, 15) is 14.7 Å². The predicted molar refractivity (Wildman–Crippen MR) is 63.4 cm³/mol. The van der Waals surface area contributed by atoms with E-state index >= 15 is 0 Å². The number of carbonyl (C=O) groups excluding carboxylic acids is 2. The summed E-state index contributed by atoms with van der Waals surface area (Å²) in [7, 11) is 0. The number of imide groups is 1. The Morgan fingerprint density at radius 1 is 1.41 bits per heavy atom. The topological polar surface area (TPSA) is 81.7 Å². The summed E-state index contributed by atoms with van der Waals surface area (Å²) in [6.45, 7) is 5.34. The zero-order valence-corrected chi connectivity index (χ0v) is 9.82. The van der Waals surface area contributed by atoms with Gasteiger partial charge < -0.3 is 10.4 Å². The van der Waals surface area contributed by atoms with Crippen molar-refractivity contribution >= 4 is 11.9 Å². The number of amides is 3. The Hall–Kier alpha value is -1.40. The van der Waals surface area contributed by atoms with Crippen molar-refractivity contribution in [2.24, 2.45) is 0 Å². The Bertz CT molecular complexity index is 286. The average Bonchev–Trinajstić information content (AvgIpc) is 2.29. The molecule has 1 heterocycles. The Kier molecular flexibility index (Phi) is 5.65. The molecule has 1 aliphatic heterocycles. The van der Waals surface area contributed by atoms with Gasteiger partial charge in [-0.15, -0.1) is 6.58 Å². The van der Waals surface area contributed by atoms with Gasteiger partial charge in [-0.1, -0.05) is 6.08 Å². The fourth-order valence-electron chi connectivity index (χ4n) is 1.66. The molecule has 17 heavy (non-hydrogen) atoms. The van der Waals surface area contributed by atoms with Gasteiger partial charge in [-0.05, 0) is 12.8 Å². The van der Waals surface area contributed by atoms with E-state index in [4.69, 9.17) is 0 Å². The second-order valence-electron chi connectivity index (χ2n) is 4.05. The smallest absolute Gasteiger partial charge is 0.321 e. The summed E-state index contributed by atoms with van der Waals surface area (Å²) in [5.41, 5.74) is 0. The van der Waals surface area contributed by atoms with Gasteiger partial charge in [-0.2, -0.15) is 0 Å². The monoisotopic (exact) mass is 241 g/mol. The lowest BCUT2D eigenvalue weighted by Crippen LogP contribution is -2.46. The Morgan fingerprint density at radius 2 is 2.06 bits per heavy atom. The lowest BCUT2D eigenvalue weighted by Gasteiger charge is -2.28. The number of hydrogen-bond donors (Lipinski definition) is 3. The molecule has 0 aliphatic carbocycles. The molecule has 1 aliphatic rings. The number of urea groups is 1. The van der Waals surface area contributed by atoms with Crippen LogP contribution in [0.2, 0.25) is 0 Å². The van der Waals surface area contributed by atoms with E-state index in [1.165, 1.54) is 6.08 Å². The molecule has 1 rings (SSSR count). The average molecular weight is 241 g/mol. The number of hydrogen-bond acceptors (Lipinski definition) is 4. The number of likely N-dealkylation sites (tertiary alicyclic amines) is 1. The third-order valence-corrected chi connectivity index (χ3v) is 2.58. The van der Waals surface area contributed by atoms with E-state index in [1.807, 2.05) is 4.90 Å². The van der Waals surface area contributed by atoms with Crippen LogP contribution in [-0.4, -0.2) is 54.2 Å². The lowest BCUT2D eigenvalue weighted by molar-refractivity contribution is -0.121. The molecule has 0 spiro atoms. The van der Waals surface area contributed by atoms with Crippen LogP contribution in [0.1, 0.15) is 12.8 Å². The summed E-state index contributed by atoms with van der Waals surface area (Å²) in [4.78, 5) is 24.5. The highest BCUT2D eigenvalue weighted by atomic mass is 16.3. The number of aliphatic hydroxyl groups is 1. The van der Waals surface area contributed by atoms with Crippen LogP contribution in [-0.2, 0) is 4.79 Å². The maximum Gasteiger partial charge on any atom is 0.321 e. The highest BCUT2D eigenvalue weighted by Crippen LogP contribution is 2.08. The Morgan fingerprint density at radius 3 is 2.65 bits per heavy atom. The molecule has 0 bridgehead atoms. The molecule has 0 aromatic rings. The molecule has 3 amide bonds. The highest BCUT2D eigenvalue weighted by Gasteiger charge is 2.19. The summed E-state index contributed by atoms with van der Waals surface area (Å²) in [6.07, 6.45) is 2.63. The Balaban J connectivity index is 2.20. The molecule has 96 valence electrons. The quantitative estimate of drug-likeness (QED) is 0.577. The lowest BCUT2D eigenvalue weighted by atomic mass is 10.1. The highest BCUT2D eigenvalue weighted by molar-refractivity contribution is 5.95. The molecular weight excluding hydrogens is 222 g/mol. The largest absolute Gasteiger partial charge is 0.393 e. The van der Waals surface area contributed by atoms with Crippen LogP contribution in [0.25, 0.3) is 0 Å². The van der Waals surface area contributed by atoms with Gasteiger partial charge in [0, 0.05) is 19.6 Å². The summed E-state index contributed by atoms with van der Waals surface area (Å²) in [6, 6.07) is -0.507. The molecule has 1 fully saturated rings. The number of aliphatic hydroxyl groups excluding tert-OH is 1. The van der Waals surface area contributed by atoms with E-state index in [0.29, 0.717) is 32.5 Å². The molecular formula is C11H19N3O3. The van der Waals surface area contributed by atoms with Gasteiger partial charge in [0.1, 0.15) is 0 Å².